The Hall–Kier alpha value is -3.17. The number of hydrogen-bond acceptors (Lipinski definition) is 10. The largest absolute Gasteiger partial charge is 0.462 e. The Morgan fingerprint density at radius 3 is 2.44 bits per heavy atom. The van der Waals surface area contributed by atoms with E-state index in [1.54, 1.807) is 27.7 Å². The molecule has 0 aliphatic heterocycles. The zero-order valence-corrected chi connectivity index (χ0v) is 19.6. The number of thioether (sulfide) groups is 1. The van der Waals surface area contributed by atoms with Crippen molar-refractivity contribution in [2.45, 2.75) is 39.3 Å². The highest BCUT2D eigenvalue weighted by Gasteiger charge is 2.27. The normalized spacial score (nSPS) is 10.3. The maximum atomic E-state index is 12.5. The van der Waals surface area contributed by atoms with Crippen molar-refractivity contribution >= 4 is 45.9 Å². The summed E-state index contributed by atoms with van der Waals surface area (Å²) in [4.78, 5) is 56.0. The molecule has 0 bridgehead atoms. The topological polar surface area (TPSA) is 151 Å². The van der Waals surface area contributed by atoms with Crippen molar-refractivity contribution in [1.82, 2.24) is 9.97 Å². The SMILES string of the molecule is CCOC(=O)c1sc(NC(=O)CSc2nc(CC)c(C#N)c(=O)[nH]2)c(C(=O)OCC)c1C. The molecule has 170 valence electrons. The quantitative estimate of drug-likeness (QED) is 0.315. The first-order chi connectivity index (χ1) is 15.3. The number of carbonyl (C=O) groups is 3. The van der Waals surface area contributed by atoms with Gasteiger partial charge in [0.1, 0.15) is 21.5 Å². The number of anilines is 1. The molecule has 0 atom stereocenters. The molecule has 10 nitrogen and oxygen atoms in total. The monoisotopic (exact) mass is 478 g/mol. The predicted molar refractivity (Wildman–Crippen MR) is 119 cm³/mol. The second kappa shape index (κ2) is 11.4. The highest BCUT2D eigenvalue weighted by Crippen LogP contribution is 2.34. The average molecular weight is 479 g/mol. The molecule has 0 unspecified atom stereocenters. The summed E-state index contributed by atoms with van der Waals surface area (Å²) in [5, 5.41) is 12.0. The molecule has 2 aromatic rings. The zero-order chi connectivity index (χ0) is 23.8. The highest BCUT2D eigenvalue weighted by molar-refractivity contribution is 7.99. The van der Waals surface area contributed by atoms with E-state index in [9.17, 15) is 19.2 Å². The molecule has 32 heavy (non-hydrogen) atoms. The lowest BCUT2D eigenvalue weighted by atomic mass is 10.1. The first-order valence-corrected chi connectivity index (χ1v) is 11.5. The van der Waals surface area contributed by atoms with E-state index in [-0.39, 0.29) is 45.1 Å². The van der Waals surface area contributed by atoms with Gasteiger partial charge in [-0.2, -0.15) is 5.26 Å². The van der Waals surface area contributed by atoms with E-state index in [1.165, 1.54) is 0 Å². The van der Waals surface area contributed by atoms with Crippen molar-refractivity contribution < 1.29 is 23.9 Å². The molecule has 1 amide bonds. The fraction of sp³-hybridized carbons (Fsp3) is 0.400. The van der Waals surface area contributed by atoms with Gasteiger partial charge in [-0.25, -0.2) is 14.6 Å². The van der Waals surface area contributed by atoms with Crippen LogP contribution in [0.3, 0.4) is 0 Å². The molecule has 2 rings (SSSR count). The van der Waals surface area contributed by atoms with Gasteiger partial charge < -0.3 is 19.8 Å². The molecule has 2 heterocycles. The Kier molecular flexibility index (Phi) is 8.98. The molecule has 0 saturated heterocycles. The number of esters is 2. The van der Waals surface area contributed by atoms with Gasteiger partial charge in [-0.1, -0.05) is 18.7 Å². The highest BCUT2D eigenvalue weighted by atomic mass is 32.2. The molecule has 2 aromatic heterocycles. The number of hydrogen-bond donors (Lipinski definition) is 2. The van der Waals surface area contributed by atoms with Crippen molar-refractivity contribution in [3.8, 4) is 6.07 Å². The summed E-state index contributed by atoms with van der Waals surface area (Å²) in [5.41, 5.74) is 0.175. The van der Waals surface area contributed by atoms with Crippen LogP contribution in [0.25, 0.3) is 0 Å². The number of thiophene rings is 1. The fourth-order valence-electron chi connectivity index (χ4n) is 2.68. The van der Waals surface area contributed by atoms with E-state index in [0.29, 0.717) is 17.7 Å². The number of aryl methyl sites for hydroxylation is 1. The Balaban J connectivity index is 2.24. The van der Waals surface area contributed by atoms with E-state index < -0.39 is 23.4 Å². The minimum absolute atomic E-state index is 0.0547. The second-order valence-electron chi connectivity index (χ2n) is 6.20. The van der Waals surface area contributed by atoms with Crippen molar-refractivity contribution in [3.63, 3.8) is 0 Å². The maximum Gasteiger partial charge on any atom is 0.348 e. The smallest absolute Gasteiger partial charge is 0.348 e. The van der Waals surface area contributed by atoms with Crippen LogP contribution in [-0.2, 0) is 20.7 Å². The minimum Gasteiger partial charge on any atom is -0.462 e. The molecule has 0 radical (unpaired) electrons. The summed E-state index contributed by atoms with van der Waals surface area (Å²) in [6.45, 7) is 6.95. The third kappa shape index (κ3) is 5.74. The van der Waals surface area contributed by atoms with Crippen molar-refractivity contribution in [2.75, 3.05) is 24.3 Å². The molecule has 0 fully saturated rings. The second-order valence-corrected chi connectivity index (χ2v) is 8.18. The van der Waals surface area contributed by atoms with Gasteiger partial charge in [0.2, 0.25) is 5.91 Å². The number of ether oxygens (including phenoxy) is 2. The van der Waals surface area contributed by atoms with Crippen LogP contribution in [0.5, 0.6) is 0 Å². The molecular formula is C20H22N4O6S2. The van der Waals surface area contributed by atoms with Gasteiger partial charge in [-0.05, 0) is 32.8 Å². The summed E-state index contributed by atoms with van der Waals surface area (Å²) < 4.78 is 10.1. The molecule has 12 heteroatoms. The van der Waals surface area contributed by atoms with Gasteiger partial charge in [0.05, 0.1) is 30.2 Å². The summed E-state index contributed by atoms with van der Waals surface area (Å²) in [7, 11) is 0. The standard InChI is InChI=1S/C20H22N4O6S2/c1-5-12-11(8-21)16(26)24-20(22-12)31-9-13(25)23-17-14(18(27)29-6-2)10(4)15(32-17)19(28)30-7-3/h5-7,9H2,1-4H3,(H,23,25)(H,22,24,26). The number of aromatic nitrogens is 2. The van der Waals surface area contributed by atoms with Crippen LogP contribution >= 0.6 is 23.1 Å². The van der Waals surface area contributed by atoms with Crippen molar-refractivity contribution in [1.29, 1.82) is 5.26 Å². The summed E-state index contributed by atoms with van der Waals surface area (Å²) in [6, 6.07) is 1.82. The lowest BCUT2D eigenvalue weighted by Crippen LogP contribution is -2.19. The Morgan fingerprint density at radius 2 is 1.84 bits per heavy atom. The Morgan fingerprint density at radius 1 is 1.19 bits per heavy atom. The minimum atomic E-state index is -0.662. The number of H-pyrrole nitrogens is 1. The Labute approximate surface area is 192 Å². The molecule has 0 aromatic carbocycles. The number of nitriles is 1. The number of nitrogens with one attached hydrogen (secondary N) is 2. The fourth-order valence-corrected chi connectivity index (χ4v) is 4.46. The van der Waals surface area contributed by atoms with Gasteiger partial charge in [0, 0.05) is 0 Å². The van der Waals surface area contributed by atoms with E-state index in [0.717, 1.165) is 23.1 Å². The van der Waals surface area contributed by atoms with Crippen molar-refractivity contribution in [3.05, 3.63) is 37.6 Å². The summed E-state index contributed by atoms with van der Waals surface area (Å²) >= 11 is 1.90. The lowest BCUT2D eigenvalue weighted by Gasteiger charge is -2.07. The van der Waals surface area contributed by atoms with E-state index >= 15 is 0 Å². The maximum absolute atomic E-state index is 12.5. The van der Waals surface area contributed by atoms with Crippen LogP contribution in [0.1, 0.15) is 57.6 Å². The molecule has 0 spiro atoms. The molecule has 2 N–H and O–H groups in total. The van der Waals surface area contributed by atoms with Crippen LogP contribution in [-0.4, -0.2) is 46.8 Å². The van der Waals surface area contributed by atoms with Crippen molar-refractivity contribution in [2.24, 2.45) is 0 Å². The molecule has 0 saturated carbocycles. The average Bonchev–Trinajstić information content (AvgIpc) is 3.07. The lowest BCUT2D eigenvalue weighted by molar-refractivity contribution is -0.113. The van der Waals surface area contributed by atoms with E-state index in [2.05, 4.69) is 15.3 Å². The van der Waals surface area contributed by atoms with Gasteiger partial charge in [-0.3, -0.25) is 9.59 Å². The number of rotatable bonds is 9. The van der Waals surface area contributed by atoms with Gasteiger partial charge in [0.25, 0.3) is 5.56 Å². The van der Waals surface area contributed by atoms with Gasteiger partial charge in [0.15, 0.2) is 5.16 Å². The first-order valence-electron chi connectivity index (χ1n) is 9.70. The van der Waals surface area contributed by atoms with E-state index in [4.69, 9.17) is 14.7 Å². The number of aromatic amines is 1. The first kappa shape index (κ1) is 25.1. The third-order valence-corrected chi connectivity index (χ3v) is 6.16. The van der Waals surface area contributed by atoms with Crippen LogP contribution in [0.2, 0.25) is 0 Å². The van der Waals surface area contributed by atoms with Gasteiger partial charge in [-0.15, -0.1) is 11.3 Å². The summed E-state index contributed by atoms with van der Waals surface area (Å²) in [6.07, 6.45) is 0.389. The van der Waals surface area contributed by atoms with Crippen LogP contribution in [0, 0.1) is 18.3 Å². The predicted octanol–water partition coefficient (Wildman–Crippen LogP) is 2.66. The van der Waals surface area contributed by atoms with Crippen LogP contribution < -0.4 is 10.9 Å². The molecular weight excluding hydrogens is 456 g/mol. The number of amides is 1. The summed E-state index contributed by atoms with van der Waals surface area (Å²) in [5.74, 6) is -1.87. The van der Waals surface area contributed by atoms with Crippen LogP contribution in [0.15, 0.2) is 9.95 Å². The van der Waals surface area contributed by atoms with Gasteiger partial charge >= 0.3 is 11.9 Å². The zero-order valence-electron chi connectivity index (χ0n) is 18.0. The third-order valence-electron chi connectivity index (χ3n) is 4.10. The Bertz CT molecular complexity index is 1130. The number of nitrogens with zero attached hydrogens (tertiary/aromatic N) is 2. The van der Waals surface area contributed by atoms with Crippen LogP contribution in [0.4, 0.5) is 5.00 Å². The number of carbonyl (C=O) groups excluding carboxylic acids is 3. The van der Waals surface area contributed by atoms with E-state index in [1.807, 2.05) is 6.07 Å². The molecule has 0 aliphatic rings. The molecule has 0 aliphatic carbocycles.